The van der Waals surface area contributed by atoms with Crippen LogP contribution in [0.4, 0.5) is 5.69 Å². The van der Waals surface area contributed by atoms with Gasteiger partial charge < -0.3 is 10.1 Å². The smallest absolute Gasteiger partial charge is 0.251 e. The number of carbonyl (C=O) groups excluding carboxylic acids is 1. The second-order valence-corrected chi connectivity index (χ2v) is 10.3. The molecule has 0 aliphatic rings. The van der Waals surface area contributed by atoms with E-state index in [0.717, 1.165) is 37.5 Å². The molecule has 0 bridgehead atoms. The molecule has 0 aliphatic carbocycles. The van der Waals surface area contributed by atoms with Gasteiger partial charge in [0.2, 0.25) is 10.0 Å². The fourth-order valence-electron chi connectivity index (χ4n) is 3.45. The van der Waals surface area contributed by atoms with E-state index in [9.17, 15) is 13.2 Å². The molecule has 1 atom stereocenters. The molecule has 0 fully saturated rings. The fraction of sp³-hybridized carbons (Fsp3) is 0.458. The van der Waals surface area contributed by atoms with Crippen LogP contribution < -0.4 is 14.4 Å². The van der Waals surface area contributed by atoms with Crippen LogP contribution in [0, 0.1) is 5.92 Å². The summed E-state index contributed by atoms with van der Waals surface area (Å²) in [4.78, 5) is 12.5. The minimum absolute atomic E-state index is 0.0896. The topological polar surface area (TPSA) is 75.7 Å². The summed E-state index contributed by atoms with van der Waals surface area (Å²) in [5.41, 5.74) is 1.65. The van der Waals surface area contributed by atoms with Crippen molar-refractivity contribution in [3.8, 4) is 5.75 Å². The number of hydrogen-bond acceptors (Lipinski definition) is 4. The Balaban J connectivity index is 2.14. The van der Waals surface area contributed by atoms with Gasteiger partial charge in [0.05, 0.1) is 25.6 Å². The van der Waals surface area contributed by atoms with E-state index in [2.05, 4.69) is 19.2 Å². The molecule has 1 N–H and O–H groups in total. The van der Waals surface area contributed by atoms with Gasteiger partial charge in [-0.15, -0.1) is 0 Å². The maximum Gasteiger partial charge on any atom is 0.251 e. The molecule has 0 saturated heterocycles. The number of anilines is 1. The zero-order valence-electron chi connectivity index (χ0n) is 19.2. The fourth-order valence-corrected chi connectivity index (χ4v) is 4.50. The molecule has 2 aromatic rings. The predicted octanol–water partition coefficient (Wildman–Crippen LogP) is 5.26. The predicted molar refractivity (Wildman–Crippen MR) is 131 cm³/mol. The van der Waals surface area contributed by atoms with Gasteiger partial charge in [-0.05, 0) is 48.2 Å². The Kier molecular flexibility index (Phi) is 9.84. The Morgan fingerprint density at radius 2 is 1.84 bits per heavy atom. The van der Waals surface area contributed by atoms with E-state index in [1.807, 2.05) is 0 Å². The maximum atomic E-state index is 12.5. The summed E-state index contributed by atoms with van der Waals surface area (Å²) in [7, 11) is -2.13. The van der Waals surface area contributed by atoms with Gasteiger partial charge in [0.15, 0.2) is 0 Å². The maximum absolute atomic E-state index is 12.5. The molecular formula is C24H33ClN2O4S. The van der Waals surface area contributed by atoms with E-state index in [1.54, 1.807) is 42.5 Å². The SMILES string of the molecule is CCCC[C@H](CC)CNC(=O)c1ccc(CN(c2cc(Cl)ccc2OC)S(C)(=O)=O)cc1. The van der Waals surface area contributed by atoms with Crippen molar-refractivity contribution in [3.05, 3.63) is 58.6 Å². The highest BCUT2D eigenvalue weighted by Crippen LogP contribution is 2.33. The third-order valence-corrected chi connectivity index (χ3v) is 6.81. The second kappa shape index (κ2) is 12.1. The average molecular weight is 481 g/mol. The van der Waals surface area contributed by atoms with Gasteiger partial charge in [0, 0.05) is 17.1 Å². The number of unbranched alkanes of at least 4 members (excludes halogenated alkanes) is 1. The first kappa shape index (κ1) is 26.0. The Hall–Kier alpha value is -2.25. The van der Waals surface area contributed by atoms with E-state index < -0.39 is 10.0 Å². The van der Waals surface area contributed by atoms with E-state index in [1.165, 1.54) is 11.4 Å². The largest absolute Gasteiger partial charge is 0.495 e. The van der Waals surface area contributed by atoms with Crippen LogP contribution in [0.25, 0.3) is 0 Å². The van der Waals surface area contributed by atoms with Crippen LogP contribution in [0.15, 0.2) is 42.5 Å². The van der Waals surface area contributed by atoms with Gasteiger partial charge in [-0.25, -0.2) is 8.42 Å². The Morgan fingerprint density at radius 1 is 1.16 bits per heavy atom. The third-order valence-electron chi connectivity index (χ3n) is 5.45. The van der Waals surface area contributed by atoms with E-state index in [-0.39, 0.29) is 12.5 Å². The number of hydrogen-bond donors (Lipinski definition) is 1. The molecule has 6 nitrogen and oxygen atoms in total. The van der Waals surface area contributed by atoms with E-state index >= 15 is 0 Å². The van der Waals surface area contributed by atoms with Crippen molar-refractivity contribution in [2.75, 3.05) is 24.2 Å². The minimum Gasteiger partial charge on any atom is -0.495 e. The first-order valence-electron chi connectivity index (χ1n) is 10.9. The normalized spacial score (nSPS) is 12.3. The number of benzene rings is 2. The van der Waals surface area contributed by atoms with Crippen LogP contribution >= 0.6 is 11.6 Å². The first-order chi connectivity index (χ1) is 15.2. The summed E-state index contributed by atoms with van der Waals surface area (Å²) >= 11 is 6.10. The van der Waals surface area contributed by atoms with Crippen LogP contribution in [0.2, 0.25) is 5.02 Å². The lowest BCUT2D eigenvalue weighted by Gasteiger charge is -2.24. The molecule has 0 spiro atoms. The highest BCUT2D eigenvalue weighted by Gasteiger charge is 2.22. The van der Waals surface area contributed by atoms with Crippen LogP contribution in [0.3, 0.4) is 0 Å². The number of ether oxygens (including phenoxy) is 1. The third kappa shape index (κ3) is 7.41. The number of amides is 1. The van der Waals surface area contributed by atoms with E-state index in [4.69, 9.17) is 16.3 Å². The highest BCUT2D eigenvalue weighted by molar-refractivity contribution is 7.92. The van der Waals surface area contributed by atoms with Crippen molar-refractivity contribution in [1.29, 1.82) is 0 Å². The number of sulfonamides is 1. The molecule has 0 aliphatic heterocycles. The number of carbonyl (C=O) groups is 1. The van der Waals surface area contributed by atoms with E-state index in [0.29, 0.717) is 34.5 Å². The van der Waals surface area contributed by atoms with Crippen molar-refractivity contribution in [2.45, 2.75) is 46.1 Å². The van der Waals surface area contributed by atoms with Crippen LogP contribution in [-0.4, -0.2) is 34.2 Å². The molecule has 2 rings (SSSR count). The quantitative estimate of drug-likeness (QED) is 0.449. The first-order valence-corrected chi connectivity index (χ1v) is 13.1. The Bertz CT molecular complexity index is 994. The summed E-state index contributed by atoms with van der Waals surface area (Å²) < 4.78 is 31.6. The zero-order chi connectivity index (χ0) is 23.7. The van der Waals surface area contributed by atoms with Gasteiger partial charge in [-0.2, -0.15) is 0 Å². The molecule has 0 unspecified atom stereocenters. The van der Waals surface area contributed by atoms with Crippen LogP contribution in [0.1, 0.15) is 55.5 Å². The van der Waals surface area contributed by atoms with Crippen molar-refractivity contribution < 1.29 is 17.9 Å². The Morgan fingerprint density at radius 3 is 2.41 bits per heavy atom. The van der Waals surface area contributed by atoms with Crippen molar-refractivity contribution in [1.82, 2.24) is 5.32 Å². The molecule has 0 heterocycles. The number of methoxy groups -OCH3 is 1. The highest BCUT2D eigenvalue weighted by atomic mass is 35.5. The standard InChI is InChI=1S/C24H33ClN2O4S/c1-5-7-8-18(6-2)16-26-24(28)20-11-9-19(10-12-20)17-27(32(4,29)30)22-15-21(25)13-14-23(22)31-3/h9-15,18H,5-8,16-17H2,1-4H3,(H,26,28)/t18-/m0/s1. The van der Waals surface area contributed by atoms with Gasteiger partial charge >= 0.3 is 0 Å². The number of halogens is 1. The molecule has 0 radical (unpaired) electrons. The van der Waals surface area contributed by atoms with Crippen molar-refractivity contribution in [2.24, 2.45) is 5.92 Å². The molecule has 2 aromatic carbocycles. The summed E-state index contributed by atoms with van der Waals surface area (Å²) in [6, 6.07) is 11.8. The molecule has 8 heteroatoms. The van der Waals surface area contributed by atoms with Gasteiger partial charge in [-0.3, -0.25) is 9.10 Å². The van der Waals surface area contributed by atoms with Crippen LogP contribution in [0.5, 0.6) is 5.75 Å². The number of nitrogens with one attached hydrogen (secondary N) is 1. The summed E-state index contributed by atoms with van der Waals surface area (Å²) in [6.07, 6.45) is 5.60. The summed E-state index contributed by atoms with van der Waals surface area (Å²) in [6.45, 7) is 5.06. The lowest BCUT2D eigenvalue weighted by Crippen LogP contribution is -2.30. The van der Waals surface area contributed by atoms with Crippen molar-refractivity contribution >= 4 is 33.2 Å². The lowest BCUT2D eigenvalue weighted by molar-refractivity contribution is 0.0946. The van der Waals surface area contributed by atoms with Crippen molar-refractivity contribution in [3.63, 3.8) is 0 Å². The molecule has 32 heavy (non-hydrogen) atoms. The Labute approximate surface area is 197 Å². The molecule has 0 aromatic heterocycles. The van der Waals surface area contributed by atoms with Crippen LogP contribution in [-0.2, 0) is 16.6 Å². The number of rotatable bonds is 12. The van der Waals surface area contributed by atoms with Gasteiger partial charge in [-0.1, -0.05) is 56.8 Å². The molecular weight excluding hydrogens is 448 g/mol. The zero-order valence-corrected chi connectivity index (χ0v) is 20.8. The molecule has 176 valence electrons. The molecule has 1 amide bonds. The van der Waals surface area contributed by atoms with Gasteiger partial charge in [0.25, 0.3) is 5.91 Å². The average Bonchev–Trinajstić information content (AvgIpc) is 2.77. The minimum atomic E-state index is -3.61. The lowest BCUT2D eigenvalue weighted by atomic mass is 9.99. The second-order valence-electron chi connectivity index (χ2n) is 7.91. The monoisotopic (exact) mass is 480 g/mol. The van der Waals surface area contributed by atoms with Gasteiger partial charge in [0.1, 0.15) is 5.75 Å². The molecule has 0 saturated carbocycles. The number of nitrogens with zero attached hydrogens (tertiary/aromatic N) is 1. The summed E-state index contributed by atoms with van der Waals surface area (Å²) in [5.74, 6) is 0.765. The summed E-state index contributed by atoms with van der Waals surface area (Å²) in [5, 5.41) is 3.42.